The van der Waals surface area contributed by atoms with Crippen LogP contribution in [0.4, 0.5) is 0 Å². The molecule has 1 amide bonds. The third-order valence-electron chi connectivity index (χ3n) is 4.11. The molecule has 1 aromatic heterocycles. The molecule has 0 spiro atoms. The lowest BCUT2D eigenvalue weighted by Gasteiger charge is -2.25. The zero-order chi connectivity index (χ0) is 13.4. The Morgan fingerprint density at radius 3 is 2.67 bits per heavy atom. The molecule has 100 valence electrons. The molecule has 2 heterocycles. The summed E-state index contributed by atoms with van der Waals surface area (Å²) in [6, 6.07) is 0.163. The highest BCUT2D eigenvalue weighted by atomic mass is 16.2. The van der Waals surface area contributed by atoms with Crippen LogP contribution < -0.4 is 5.73 Å². The van der Waals surface area contributed by atoms with Crippen LogP contribution in [-0.4, -0.2) is 39.7 Å². The molecule has 2 unspecified atom stereocenters. The van der Waals surface area contributed by atoms with Gasteiger partial charge in [-0.3, -0.25) is 9.48 Å². The number of aryl methyl sites for hydroxylation is 2. The smallest absolute Gasteiger partial charge is 0.257 e. The number of hydrogen-bond acceptors (Lipinski definition) is 3. The van der Waals surface area contributed by atoms with Crippen molar-refractivity contribution in [3.8, 4) is 0 Å². The lowest BCUT2D eigenvalue weighted by Crippen LogP contribution is -2.42. The van der Waals surface area contributed by atoms with E-state index in [1.807, 2.05) is 25.8 Å². The average molecular weight is 250 g/mol. The molecule has 1 aliphatic rings. The molecule has 5 heteroatoms. The van der Waals surface area contributed by atoms with E-state index in [-0.39, 0.29) is 11.9 Å². The van der Waals surface area contributed by atoms with Gasteiger partial charge in [-0.25, -0.2) is 0 Å². The van der Waals surface area contributed by atoms with Gasteiger partial charge in [-0.05, 0) is 26.2 Å². The lowest BCUT2D eigenvalue weighted by atomic mass is 10.0. The predicted octanol–water partition coefficient (Wildman–Crippen LogP) is 0.846. The Bertz CT molecular complexity index is 466. The van der Waals surface area contributed by atoms with Crippen LogP contribution in [0.25, 0.3) is 0 Å². The Hall–Kier alpha value is -1.36. The summed E-state index contributed by atoms with van der Waals surface area (Å²) in [5.41, 5.74) is 8.26. The maximum absolute atomic E-state index is 12.6. The van der Waals surface area contributed by atoms with Crippen molar-refractivity contribution in [2.75, 3.05) is 13.1 Å². The Kier molecular flexibility index (Phi) is 3.43. The fourth-order valence-electron chi connectivity index (χ4n) is 2.85. The van der Waals surface area contributed by atoms with E-state index in [1.54, 1.807) is 4.68 Å². The SMILES string of the molecule is Cc1nn(C)c(C)c1C(=O)N1CCC(C)C1CN. The number of carbonyl (C=O) groups excluding carboxylic acids is 1. The first-order valence-electron chi connectivity index (χ1n) is 6.48. The van der Waals surface area contributed by atoms with Gasteiger partial charge in [0.25, 0.3) is 5.91 Å². The molecule has 0 radical (unpaired) electrons. The minimum absolute atomic E-state index is 0.0814. The van der Waals surface area contributed by atoms with Crippen LogP contribution in [0.2, 0.25) is 0 Å². The molecule has 0 aromatic carbocycles. The van der Waals surface area contributed by atoms with Crippen molar-refractivity contribution < 1.29 is 4.79 Å². The Morgan fingerprint density at radius 2 is 2.17 bits per heavy atom. The fraction of sp³-hybridized carbons (Fsp3) is 0.692. The van der Waals surface area contributed by atoms with E-state index >= 15 is 0 Å². The predicted molar refractivity (Wildman–Crippen MR) is 70.3 cm³/mol. The van der Waals surface area contributed by atoms with Crippen LogP contribution in [0.3, 0.4) is 0 Å². The summed E-state index contributed by atoms with van der Waals surface area (Å²) in [6.45, 7) is 7.32. The van der Waals surface area contributed by atoms with Crippen molar-refractivity contribution in [2.45, 2.75) is 33.2 Å². The zero-order valence-electron chi connectivity index (χ0n) is 11.6. The maximum atomic E-state index is 12.6. The molecule has 0 aliphatic carbocycles. The normalized spacial score (nSPS) is 23.7. The molecule has 0 bridgehead atoms. The van der Waals surface area contributed by atoms with Gasteiger partial charge >= 0.3 is 0 Å². The van der Waals surface area contributed by atoms with Gasteiger partial charge in [-0.15, -0.1) is 0 Å². The molecule has 0 saturated carbocycles. The van der Waals surface area contributed by atoms with E-state index in [1.165, 1.54) is 0 Å². The number of aromatic nitrogens is 2. The van der Waals surface area contributed by atoms with Crippen LogP contribution >= 0.6 is 0 Å². The van der Waals surface area contributed by atoms with E-state index in [0.717, 1.165) is 29.9 Å². The van der Waals surface area contributed by atoms with Crippen molar-refractivity contribution in [1.29, 1.82) is 0 Å². The van der Waals surface area contributed by atoms with Gasteiger partial charge in [0.1, 0.15) is 0 Å². The maximum Gasteiger partial charge on any atom is 0.257 e. The minimum atomic E-state index is 0.0814. The Balaban J connectivity index is 2.32. The van der Waals surface area contributed by atoms with Crippen molar-refractivity contribution in [1.82, 2.24) is 14.7 Å². The van der Waals surface area contributed by atoms with E-state index in [0.29, 0.717) is 12.5 Å². The summed E-state index contributed by atoms with van der Waals surface area (Å²) < 4.78 is 1.76. The first-order valence-corrected chi connectivity index (χ1v) is 6.48. The van der Waals surface area contributed by atoms with Crippen molar-refractivity contribution in [2.24, 2.45) is 18.7 Å². The minimum Gasteiger partial charge on any atom is -0.334 e. The van der Waals surface area contributed by atoms with Gasteiger partial charge in [-0.2, -0.15) is 5.10 Å². The molecule has 2 N–H and O–H groups in total. The molecule has 1 saturated heterocycles. The monoisotopic (exact) mass is 250 g/mol. The van der Waals surface area contributed by atoms with Crippen LogP contribution in [0, 0.1) is 19.8 Å². The number of likely N-dealkylation sites (tertiary alicyclic amines) is 1. The quantitative estimate of drug-likeness (QED) is 0.846. The molecule has 1 fully saturated rings. The van der Waals surface area contributed by atoms with Gasteiger partial charge in [0.15, 0.2) is 0 Å². The van der Waals surface area contributed by atoms with Gasteiger partial charge in [0, 0.05) is 31.9 Å². The van der Waals surface area contributed by atoms with Crippen LogP contribution in [-0.2, 0) is 7.05 Å². The van der Waals surface area contributed by atoms with Gasteiger partial charge in [-0.1, -0.05) is 6.92 Å². The molecule has 1 aromatic rings. The first-order chi connectivity index (χ1) is 8.47. The second kappa shape index (κ2) is 4.72. The second-order valence-electron chi connectivity index (χ2n) is 5.24. The summed E-state index contributed by atoms with van der Waals surface area (Å²) in [4.78, 5) is 14.6. The van der Waals surface area contributed by atoms with Crippen LogP contribution in [0.1, 0.15) is 35.1 Å². The molecule has 2 atom stereocenters. The summed E-state index contributed by atoms with van der Waals surface area (Å²) >= 11 is 0. The molecular formula is C13H22N4O. The number of nitrogens with two attached hydrogens (primary N) is 1. The van der Waals surface area contributed by atoms with Gasteiger partial charge < -0.3 is 10.6 Å². The van der Waals surface area contributed by atoms with Crippen molar-refractivity contribution >= 4 is 5.91 Å². The second-order valence-corrected chi connectivity index (χ2v) is 5.24. The standard InChI is InChI=1S/C13H22N4O/c1-8-5-6-17(11(8)7-14)13(18)12-9(2)15-16(4)10(12)3/h8,11H,5-7,14H2,1-4H3. The van der Waals surface area contributed by atoms with Gasteiger partial charge in [0.2, 0.25) is 0 Å². The number of carbonyl (C=O) groups is 1. The summed E-state index contributed by atoms with van der Waals surface area (Å²) in [5, 5.41) is 4.31. The zero-order valence-corrected chi connectivity index (χ0v) is 11.6. The third kappa shape index (κ3) is 1.92. The average Bonchev–Trinajstić information content (AvgIpc) is 2.80. The lowest BCUT2D eigenvalue weighted by molar-refractivity contribution is 0.0726. The number of amides is 1. The highest BCUT2D eigenvalue weighted by Crippen LogP contribution is 2.26. The number of rotatable bonds is 2. The van der Waals surface area contributed by atoms with Crippen molar-refractivity contribution in [3.63, 3.8) is 0 Å². The molecule has 18 heavy (non-hydrogen) atoms. The first kappa shape index (κ1) is 13.1. The summed E-state index contributed by atoms with van der Waals surface area (Å²) in [5.74, 6) is 0.564. The highest BCUT2D eigenvalue weighted by molar-refractivity contribution is 5.96. The van der Waals surface area contributed by atoms with E-state index in [4.69, 9.17) is 5.73 Å². The van der Waals surface area contributed by atoms with E-state index in [9.17, 15) is 4.79 Å². The largest absolute Gasteiger partial charge is 0.334 e. The Labute approximate surface area is 108 Å². The molecular weight excluding hydrogens is 228 g/mol. The van der Waals surface area contributed by atoms with Crippen molar-refractivity contribution in [3.05, 3.63) is 17.0 Å². The highest BCUT2D eigenvalue weighted by Gasteiger charge is 2.35. The van der Waals surface area contributed by atoms with Crippen LogP contribution in [0.5, 0.6) is 0 Å². The topological polar surface area (TPSA) is 64.2 Å². The number of nitrogens with zero attached hydrogens (tertiary/aromatic N) is 3. The fourth-order valence-corrected chi connectivity index (χ4v) is 2.85. The van der Waals surface area contributed by atoms with Gasteiger partial charge in [0.05, 0.1) is 11.3 Å². The third-order valence-corrected chi connectivity index (χ3v) is 4.11. The Morgan fingerprint density at radius 1 is 1.50 bits per heavy atom. The summed E-state index contributed by atoms with van der Waals surface area (Å²) in [6.07, 6.45) is 1.03. The van der Waals surface area contributed by atoms with E-state index < -0.39 is 0 Å². The van der Waals surface area contributed by atoms with Crippen LogP contribution in [0.15, 0.2) is 0 Å². The van der Waals surface area contributed by atoms with E-state index in [2.05, 4.69) is 12.0 Å². The molecule has 1 aliphatic heterocycles. The molecule has 5 nitrogen and oxygen atoms in total. The number of hydrogen-bond donors (Lipinski definition) is 1. The summed E-state index contributed by atoms with van der Waals surface area (Å²) in [7, 11) is 1.87. The molecule has 2 rings (SSSR count).